The van der Waals surface area contributed by atoms with Crippen molar-refractivity contribution in [3.63, 3.8) is 0 Å². The smallest absolute Gasteiger partial charge is 0.231 e. The van der Waals surface area contributed by atoms with E-state index in [9.17, 15) is 0 Å². The summed E-state index contributed by atoms with van der Waals surface area (Å²) in [5, 5.41) is 6.91. The lowest BCUT2D eigenvalue weighted by molar-refractivity contribution is 0.251. The van der Waals surface area contributed by atoms with Crippen LogP contribution in [0.1, 0.15) is 11.1 Å². The van der Waals surface area contributed by atoms with Gasteiger partial charge in [0.25, 0.3) is 0 Å². The third kappa shape index (κ3) is 5.66. The summed E-state index contributed by atoms with van der Waals surface area (Å²) in [6.45, 7) is 0. The van der Waals surface area contributed by atoms with Crippen LogP contribution in [0.4, 0.5) is 11.4 Å². The van der Waals surface area contributed by atoms with Gasteiger partial charge in [-0.05, 0) is 53.1 Å². The molecule has 1 aromatic heterocycles. The lowest BCUT2D eigenvalue weighted by Gasteiger charge is -2.26. The molecule has 0 saturated carbocycles. The molecule has 2 aliphatic rings. The number of methoxy groups -OCH3 is 3. The third-order valence-corrected chi connectivity index (χ3v) is 7.72. The van der Waals surface area contributed by atoms with Gasteiger partial charge in [0, 0.05) is 16.9 Å². The Labute approximate surface area is 267 Å². The minimum Gasteiger partial charge on any atom is -0.493 e. The van der Waals surface area contributed by atoms with Gasteiger partial charge in [-0.25, -0.2) is 0 Å². The molecule has 46 heavy (non-hydrogen) atoms. The number of para-hydroxylation sites is 2. The van der Waals surface area contributed by atoms with E-state index in [2.05, 4.69) is 10.6 Å². The molecule has 0 fully saturated rings. The number of ether oxygens (including phenoxy) is 5. The van der Waals surface area contributed by atoms with Gasteiger partial charge in [-0.1, -0.05) is 78.9 Å². The lowest BCUT2D eigenvalue weighted by Crippen LogP contribution is -2.28. The molecule has 0 saturated heterocycles. The highest BCUT2D eigenvalue weighted by atomic mass is 16.5. The minimum absolute atomic E-state index is 0.335. The zero-order valence-corrected chi connectivity index (χ0v) is 25.6. The molecule has 230 valence electrons. The zero-order valence-electron chi connectivity index (χ0n) is 25.6. The van der Waals surface area contributed by atoms with Crippen molar-refractivity contribution < 1.29 is 23.7 Å². The highest BCUT2D eigenvalue weighted by Crippen LogP contribution is 2.44. The van der Waals surface area contributed by atoms with Crippen LogP contribution in [0.5, 0.6) is 29.0 Å². The second-order valence-corrected chi connectivity index (χ2v) is 10.6. The van der Waals surface area contributed by atoms with E-state index >= 15 is 0 Å². The number of nitrogens with zero attached hydrogens (tertiary/aromatic N) is 2. The van der Waals surface area contributed by atoms with Gasteiger partial charge < -0.3 is 34.3 Å². The molecule has 0 bridgehead atoms. The first-order valence-electron chi connectivity index (χ1n) is 14.8. The standard InChI is InChI=1S/C37H32N4O5/c1-42-29-21-26(22-30(43-2)34(29)44-3)35-40-36(45-31-19-17-23-11-7-9-15-27(23)38-31)33(25-13-5-4-6-14-25)37(41-35)46-32-20-18-24-12-8-10-16-28(24)39-32/h4-22,31-32,38-39H,1-3H3. The Hall–Kier alpha value is -5.96. The number of aromatic nitrogens is 2. The molecule has 5 aromatic rings. The lowest BCUT2D eigenvalue weighted by atomic mass is 10.1. The van der Waals surface area contributed by atoms with Gasteiger partial charge in [-0.2, -0.15) is 9.97 Å². The normalized spacial score (nSPS) is 15.9. The Morgan fingerprint density at radius 1 is 0.565 bits per heavy atom. The third-order valence-electron chi connectivity index (χ3n) is 7.72. The summed E-state index contributed by atoms with van der Waals surface area (Å²) in [5.41, 5.74) is 6.14. The van der Waals surface area contributed by atoms with Crippen molar-refractivity contribution in [2.75, 3.05) is 32.0 Å². The summed E-state index contributed by atoms with van der Waals surface area (Å²) in [7, 11) is 4.71. The van der Waals surface area contributed by atoms with E-state index in [0.717, 1.165) is 28.1 Å². The highest BCUT2D eigenvalue weighted by molar-refractivity contribution is 5.78. The van der Waals surface area contributed by atoms with Gasteiger partial charge in [0.05, 0.1) is 21.3 Å². The summed E-state index contributed by atoms with van der Waals surface area (Å²) >= 11 is 0. The molecule has 0 aliphatic carbocycles. The number of rotatable bonds is 9. The van der Waals surface area contributed by atoms with Gasteiger partial charge >= 0.3 is 0 Å². The van der Waals surface area contributed by atoms with E-state index in [1.807, 2.05) is 103 Å². The Bertz CT molecular complexity index is 1830. The Balaban J connectivity index is 1.37. The van der Waals surface area contributed by atoms with E-state index in [1.165, 1.54) is 0 Å². The molecule has 4 aromatic carbocycles. The van der Waals surface area contributed by atoms with Crippen LogP contribution in [-0.4, -0.2) is 43.8 Å². The molecule has 2 N–H and O–H groups in total. The Kier molecular flexibility index (Phi) is 7.87. The van der Waals surface area contributed by atoms with Crippen molar-refractivity contribution in [1.82, 2.24) is 9.97 Å². The fraction of sp³-hybridized carbons (Fsp3) is 0.135. The number of nitrogens with one attached hydrogen (secondary N) is 2. The fourth-order valence-corrected chi connectivity index (χ4v) is 5.49. The van der Waals surface area contributed by atoms with E-state index < -0.39 is 12.5 Å². The SMILES string of the molecule is COc1cc(-c2nc(OC3C=Cc4ccccc4N3)c(-c3ccccc3)c(OC3C=Cc4ccccc4N3)n2)cc(OC)c1OC. The predicted octanol–water partition coefficient (Wildman–Crippen LogP) is 7.52. The quantitative estimate of drug-likeness (QED) is 0.175. The van der Waals surface area contributed by atoms with Gasteiger partial charge in [-0.3, -0.25) is 0 Å². The first-order chi connectivity index (χ1) is 22.6. The molecule has 0 spiro atoms. The molecular formula is C37H32N4O5. The van der Waals surface area contributed by atoms with E-state index in [1.54, 1.807) is 33.5 Å². The van der Waals surface area contributed by atoms with Gasteiger partial charge in [0.1, 0.15) is 5.56 Å². The van der Waals surface area contributed by atoms with E-state index in [-0.39, 0.29) is 0 Å². The van der Waals surface area contributed by atoms with Crippen LogP contribution in [0.2, 0.25) is 0 Å². The number of benzene rings is 4. The van der Waals surface area contributed by atoms with Crippen molar-refractivity contribution in [2.24, 2.45) is 0 Å². The van der Waals surface area contributed by atoms with Gasteiger partial charge in [0.2, 0.25) is 17.5 Å². The van der Waals surface area contributed by atoms with Crippen molar-refractivity contribution in [3.05, 3.63) is 114 Å². The molecule has 3 heterocycles. The van der Waals surface area contributed by atoms with Crippen LogP contribution in [0.25, 0.3) is 34.7 Å². The molecule has 9 heteroatoms. The van der Waals surface area contributed by atoms with E-state index in [4.69, 9.17) is 33.7 Å². The fourth-order valence-electron chi connectivity index (χ4n) is 5.49. The van der Waals surface area contributed by atoms with Crippen molar-refractivity contribution >= 4 is 23.5 Å². The number of hydrogen-bond acceptors (Lipinski definition) is 9. The molecular weight excluding hydrogens is 580 g/mol. The zero-order chi connectivity index (χ0) is 31.5. The second kappa shape index (κ2) is 12.6. The van der Waals surface area contributed by atoms with Crippen molar-refractivity contribution in [2.45, 2.75) is 12.5 Å². The maximum absolute atomic E-state index is 6.65. The predicted molar refractivity (Wildman–Crippen MR) is 180 cm³/mol. The molecule has 0 radical (unpaired) electrons. The largest absolute Gasteiger partial charge is 0.493 e. The molecule has 2 aliphatic heterocycles. The van der Waals surface area contributed by atoms with Crippen LogP contribution in [0, 0.1) is 0 Å². The number of fused-ring (bicyclic) bond motifs is 2. The summed E-state index contributed by atoms with van der Waals surface area (Å²) in [6, 6.07) is 29.6. The van der Waals surface area contributed by atoms with Crippen LogP contribution in [-0.2, 0) is 0 Å². The van der Waals surface area contributed by atoms with Crippen LogP contribution < -0.4 is 34.3 Å². The van der Waals surface area contributed by atoms with Crippen LogP contribution >= 0.6 is 0 Å². The van der Waals surface area contributed by atoms with Crippen LogP contribution in [0.15, 0.2) is 103 Å². The van der Waals surface area contributed by atoms with Gasteiger partial charge in [-0.15, -0.1) is 0 Å². The summed E-state index contributed by atoms with van der Waals surface area (Å²) in [4.78, 5) is 9.98. The highest BCUT2D eigenvalue weighted by Gasteiger charge is 2.26. The Morgan fingerprint density at radius 3 is 1.57 bits per heavy atom. The van der Waals surface area contributed by atoms with Crippen molar-refractivity contribution in [3.8, 4) is 51.5 Å². The van der Waals surface area contributed by atoms with Crippen molar-refractivity contribution in [1.29, 1.82) is 0 Å². The topological polar surface area (TPSA) is 96.0 Å². The maximum atomic E-state index is 6.65. The average Bonchev–Trinajstić information content (AvgIpc) is 3.11. The molecule has 9 nitrogen and oxygen atoms in total. The molecule has 0 amide bonds. The average molecular weight is 613 g/mol. The molecule has 2 unspecified atom stereocenters. The first-order valence-corrected chi connectivity index (χ1v) is 14.8. The monoisotopic (exact) mass is 612 g/mol. The second-order valence-electron chi connectivity index (χ2n) is 10.6. The summed E-state index contributed by atoms with van der Waals surface area (Å²) in [6.07, 6.45) is 6.97. The minimum atomic E-state index is -0.507. The Morgan fingerprint density at radius 2 is 1.07 bits per heavy atom. The summed E-state index contributed by atoms with van der Waals surface area (Å²) < 4.78 is 30.1. The van der Waals surface area contributed by atoms with Gasteiger partial charge in [0.15, 0.2) is 29.8 Å². The van der Waals surface area contributed by atoms with E-state index in [0.29, 0.717) is 46.0 Å². The number of hydrogen-bond donors (Lipinski definition) is 2. The maximum Gasteiger partial charge on any atom is 0.231 e. The summed E-state index contributed by atoms with van der Waals surface area (Å²) in [5.74, 6) is 2.43. The molecule has 7 rings (SSSR count). The van der Waals surface area contributed by atoms with Crippen LogP contribution in [0.3, 0.4) is 0 Å². The number of anilines is 2. The first kappa shape index (κ1) is 28.8. The molecule has 2 atom stereocenters.